The molecule has 2 rings (SSSR count). The van der Waals surface area contributed by atoms with Crippen molar-refractivity contribution in [2.75, 3.05) is 13.2 Å². The van der Waals surface area contributed by atoms with E-state index in [4.69, 9.17) is 9.47 Å². The van der Waals surface area contributed by atoms with Crippen molar-refractivity contribution < 1.29 is 24.2 Å². The maximum atomic E-state index is 12.3. The number of hydrogen-bond donors (Lipinski definition) is 2. The average Bonchev–Trinajstić information content (AvgIpc) is 2.54. The molecule has 0 aromatic rings. The van der Waals surface area contributed by atoms with Crippen LogP contribution in [0.5, 0.6) is 0 Å². The van der Waals surface area contributed by atoms with Crippen molar-refractivity contribution in [3.63, 3.8) is 0 Å². The molecule has 1 saturated heterocycles. The molecule has 1 aliphatic carbocycles. The molecule has 1 amide bonds. The zero-order valence-electron chi connectivity index (χ0n) is 13.3. The zero-order chi connectivity index (χ0) is 16.0. The summed E-state index contributed by atoms with van der Waals surface area (Å²) in [6.07, 6.45) is 6.21. The second kappa shape index (κ2) is 7.92. The molecule has 0 spiro atoms. The highest BCUT2D eigenvalue weighted by Gasteiger charge is 2.41. The molecule has 0 bridgehead atoms. The predicted molar refractivity (Wildman–Crippen MR) is 80.6 cm³/mol. The van der Waals surface area contributed by atoms with Crippen molar-refractivity contribution in [1.82, 2.24) is 5.32 Å². The molecule has 2 N–H and O–H groups in total. The summed E-state index contributed by atoms with van der Waals surface area (Å²) in [5.74, 6) is -1.29. The van der Waals surface area contributed by atoms with Crippen molar-refractivity contribution in [2.45, 2.75) is 76.0 Å². The molecule has 2 aliphatic rings. The lowest BCUT2D eigenvalue weighted by atomic mass is 9.81. The molecule has 0 radical (unpaired) electrons. The minimum Gasteiger partial charge on any atom is -0.480 e. The summed E-state index contributed by atoms with van der Waals surface area (Å²) in [5, 5.41) is 12.2. The van der Waals surface area contributed by atoms with Crippen LogP contribution in [0, 0.1) is 0 Å². The lowest BCUT2D eigenvalue weighted by Gasteiger charge is -2.35. The molecule has 0 aromatic heterocycles. The van der Waals surface area contributed by atoms with Crippen molar-refractivity contribution in [1.29, 1.82) is 0 Å². The highest BCUT2D eigenvalue weighted by atomic mass is 16.5. The van der Waals surface area contributed by atoms with E-state index in [1.807, 2.05) is 0 Å². The fourth-order valence-electron chi connectivity index (χ4n) is 3.15. The van der Waals surface area contributed by atoms with Gasteiger partial charge in [-0.3, -0.25) is 4.79 Å². The van der Waals surface area contributed by atoms with E-state index in [1.54, 1.807) is 6.92 Å². The van der Waals surface area contributed by atoms with Gasteiger partial charge in [-0.25, -0.2) is 4.79 Å². The third-order valence-corrected chi connectivity index (χ3v) is 4.65. The lowest BCUT2D eigenvalue weighted by molar-refractivity contribution is -0.152. The Kier molecular flexibility index (Phi) is 6.20. The van der Waals surface area contributed by atoms with Crippen LogP contribution < -0.4 is 5.32 Å². The van der Waals surface area contributed by atoms with Gasteiger partial charge in [-0.05, 0) is 39.0 Å². The molecule has 1 saturated carbocycles. The molecule has 2 fully saturated rings. The summed E-state index contributed by atoms with van der Waals surface area (Å²) in [6.45, 7) is 2.79. The number of hydrogen-bond acceptors (Lipinski definition) is 4. The van der Waals surface area contributed by atoms with Crippen molar-refractivity contribution >= 4 is 11.9 Å². The van der Waals surface area contributed by atoms with E-state index in [2.05, 4.69) is 5.32 Å². The molecular formula is C16H27NO5. The SMILES string of the molecule is CC(OCC1CCCCO1)C(=O)NC1(C(=O)O)CCCCC1. The van der Waals surface area contributed by atoms with Crippen LogP contribution in [0.2, 0.25) is 0 Å². The minimum atomic E-state index is -1.12. The molecule has 2 unspecified atom stereocenters. The summed E-state index contributed by atoms with van der Waals surface area (Å²) in [6, 6.07) is 0. The highest BCUT2D eigenvalue weighted by molar-refractivity contribution is 5.89. The van der Waals surface area contributed by atoms with Crippen LogP contribution in [0.3, 0.4) is 0 Å². The van der Waals surface area contributed by atoms with Gasteiger partial charge >= 0.3 is 5.97 Å². The maximum Gasteiger partial charge on any atom is 0.329 e. The largest absolute Gasteiger partial charge is 0.480 e. The zero-order valence-corrected chi connectivity index (χ0v) is 13.3. The van der Waals surface area contributed by atoms with Gasteiger partial charge in [0.25, 0.3) is 0 Å². The first-order chi connectivity index (χ1) is 10.5. The number of aliphatic carboxylic acids is 1. The second-order valence-corrected chi connectivity index (χ2v) is 6.40. The summed E-state index contributed by atoms with van der Waals surface area (Å²) in [4.78, 5) is 23.8. The Morgan fingerprint density at radius 1 is 1.27 bits per heavy atom. The third kappa shape index (κ3) is 4.43. The van der Waals surface area contributed by atoms with Gasteiger partial charge in [0.15, 0.2) is 0 Å². The van der Waals surface area contributed by atoms with Crippen molar-refractivity contribution in [2.24, 2.45) is 0 Å². The average molecular weight is 313 g/mol. The number of nitrogens with one attached hydrogen (secondary N) is 1. The Morgan fingerprint density at radius 2 is 2.00 bits per heavy atom. The molecule has 126 valence electrons. The van der Waals surface area contributed by atoms with Crippen LogP contribution in [-0.2, 0) is 19.1 Å². The predicted octanol–water partition coefficient (Wildman–Crippen LogP) is 1.86. The highest BCUT2D eigenvalue weighted by Crippen LogP contribution is 2.28. The Balaban J connectivity index is 1.82. The van der Waals surface area contributed by atoms with E-state index >= 15 is 0 Å². The van der Waals surface area contributed by atoms with E-state index in [-0.39, 0.29) is 12.0 Å². The molecule has 1 heterocycles. The molecule has 22 heavy (non-hydrogen) atoms. The lowest BCUT2D eigenvalue weighted by Crippen LogP contribution is -2.57. The Labute approximate surface area is 131 Å². The number of carbonyl (C=O) groups is 2. The monoisotopic (exact) mass is 313 g/mol. The second-order valence-electron chi connectivity index (χ2n) is 6.40. The third-order valence-electron chi connectivity index (χ3n) is 4.65. The summed E-state index contributed by atoms with van der Waals surface area (Å²) in [5.41, 5.74) is -1.12. The number of rotatable bonds is 6. The van der Waals surface area contributed by atoms with Crippen LogP contribution >= 0.6 is 0 Å². The number of ether oxygens (including phenoxy) is 2. The number of carboxylic acid groups (broad SMARTS) is 1. The first kappa shape index (κ1) is 17.2. The summed E-state index contributed by atoms with van der Waals surface area (Å²) in [7, 11) is 0. The quantitative estimate of drug-likeness (QED) is 0.782. The van der Waals surface area contributed by atoms with Crippen LogP contribution in [0.15, 0.2) is 0 Å². The number of carbonyl (C=O) groups excluding carboxylic acids is 1. The fourth-order valence-corrected chi connectivity index (χ4v) is 3.15. The molecule has 0 aromatic carbocycles. The smallest absolute Gasteiger partial charge is 0.329 e. The van der Waals surface area contributed by atoms with Gasteiger partial charge in [-0.1, -0.05) is 19.3 Å². The molecule has 6 heteroatoms. The van der Waals surface area contributed by atoms with E-state index in [9.17, 15) is 14.7 Å². The van der Waals surface area contributed by atoms with E-state index in [0.29, 0.717) is 19.4 Å². The summed E-state index contributed by atoms with van der Waals surface area (Å²) < 4.78 is 11.1. The molecule has 6 nitrogen and oxygen atoms in total. The van der Waals surface area contributed by atoms with Gasteiger partial charge in [-0.2, -0.15) is 0 Å². The molecule has 2 atom stereocenters. The Morgan fingerprint density at radius 3 is 2.59 bits per heavy atom. The van der Waals surface area contributed by atoms with Crippen molar-refractivity contribution in [3.8, 4) is 0 Å². The Bertz CT molecular complexity index is 386. The van der Waals surface area contributed by atoms with E-state index in [0.717, 1.165) is 45.1 Å². The first-order valence-corrected chi connectivity index (χ1v) is 8.32. The fraction of sp³-hybridized carbons (Fsp3) is 0.875. The van der Waals surface area contributed by atoms with Crippen LogP contribution in [0.25, 0.3) is 0 Å². The minimum absolute atomic E-state index is 0.0483. The van der Waals surface area contributed by atoms with Gasteiger partial charge in [-0.15, -0.1) is 0 Å². The van der Waals surface area contributed by atoms with Crippen LogP contribution in [0.1, 0.15) is 58.3 Å². The van der Waals surface area contributed by atoms with Gasteiger partial charge in [0.2, 0.25) is 5.91 Å². The van der Waals surface area contributed by atoms with Crippen LogP contribution in [0.4, 0.5) is 0 Å². The number of carboxylic acids is 1. The van der Waals surface area contributed by atoms with Gasteiger partial charge < -0.3 is 19.9 Å². The summed E-state index contributed by atoms with van der Waals surface area (Å²) >= 11 is 0. The van der Waals surface area contributed by atoms with Crippen LogP contribution in [-0.4, -0.2) is 47.9 Å². The van der Waals surface area contributed by atoms with E-state index in [1.165, 1.54) is 0 Å². The molecule has 1 aliphatic heterocycles. The van der Waals surface area contributed by atoms with Crippen molar-refractivity contribution in [3.05, 3.63) is 0 Å². The Hall–Kier alpha value is -1.14. The molecular weight excluding hydrogens is 286 g/mol. The maximum absolute atomic E-state index is 12.3. The standard InChI is InChI=1S/C16H27NO5/c1-12(22-11-13-7-3-6-10-21-13)14(18)17-16(15(19)20)8-4-2-5-9-16/h12-13H,2-11H2,1H3,(H,17,18)(H,19,20). The topological polar surface area (TPSA) is 84.9 Å². The van der Waals surface area contributed by atoms with Gasteiger partial charge in [0.05, 0.1) is 12.7 Å². The van der Waals surface area contributed by atoms with Gasteiger partial charge in [0, 0.05) is 6.61 Å². The normalized spacial score (nSPS) is 26.1. The van der Waals surface area contributed by atoms with Gasteiger partial charge in [0.1, 0.15) is 11.6 Å². The number of amides is 1. The van der Waals surface area contributed by atoms with E-state index < -0.39 is 17.6 Å². The first-order valence-electron chi connectivity index (χ1n) is 8.32.